The smallest absolute Gasteiger partial charge is 0.360 e. The number of nitrogens with zero attached hydrogens (tertiary/aromatic N) is 3. The van der Waals surface area contributed by atoms with Crippen molar-refractivity contribution >= 4 is 17.2 Å². The Morgan fingerprint density at radius 1 is 1.27 bits per heavy atom. The molecule has 0 spiro atoms. The first-order valence-corrected chi connectivity index (χ1v) is 7.45. The van der Waals surface area contributed by atoms with Gasteiger partial charge in [-0.05, 0) is 18.2 Å². The van der Waals surface area contributed by atoms with Crippen LogP contribution in [0.3, 0.4) is 0 Å². The average molecular weight is 364 g/mol. The molecule has 0 unspecified atom stereocenters. The Labute approximate surface area is 147 Å². The number of rotatable bonds is 4. The molecule has 26 heavy (non-hydrogen) atoms. The lowest BCUT2D eigenvalue weighted by Gasteiger charge is -2.12. The summed E-state index contributed by atoms with van der Waals surface area (Å²) in [4.78, 5) is 12.3. The Bertz CT molecular complexity index is 886. The summed E-state index contributed by atoms with van der Waals surface area (Å²) in [6.07, 6.45) is -4.51. The molecule has 1 aromatic heterocycles. The highest BCUT2D eigenvalue weighted by atomic mass is 19.4. The van der Waals surface area contributed by atoms with Gasteiger partial charge in [-0.15, -0.1) is 0 Å². The number of Topliss-reactive ketones (excluding diaryl/α,β-unsaturated/α-hetero) is 1. The molecular formula is C17H15F3N4O2. The number of nitriles is 1. The fraction of sp³-hybridized carbons (Fsp3) is 0.294. The summed E-state index contributed by atoms with van der Waals surface area (Å²) < 4.78 is 43.2. The highest BCUT2D eigenvalue weighted by Gasteiger charge is 2.30. The first-order chi connectivity index (χ1) is 12.0. The van der Waals surface area contributed by atoms with Gasteiger partial charge in [-0.3, -0.25) is 10.2 Å². The molecule has 0 aliphatic rings. The number of hydrogen-bond donors (Lipinski definition) is 1. The minimum absolute atomic E-state index is 0.0177. The molecule has 1 heterocycles. The highest BCUT2D eigenvalue weighted by Crippen LogP contribution is 2.30. The van der Waals surface area contributed by atoms with Crippen molar-refractivity contribution in [1.29, 1.82) is 5.26 Å². The van der Waals surface area contributed by atoms with E-state index in [0.717, 1.165) is 12.1 Å². The van der Waals surface area contributed by atoms with Crippen LogP contribution in [0.5, 0.6) is 0 Å². The van der Waals surface area contributed by atoms with Crippen molar-refractivity contribution < 1.29 is 22.5 Å². The van der Waals surface area contributed by atoms with Crippen molar-refractivity contribution in [2.75, 3.05) is 5.43 Å². The molecule has 0 aliphatic heterocycles. The van der Waals surface area contributed by atoms with Gasteiger partial charge in [0.1, 0.15) is 11.8 Å². The van der Waals surface area contributed by atoms with E-state index in [-0.39, 0.29) is 16.8 Å². The monoisotopic (exact) mass is 364 g/mol. The van der Waals surface area contributed by atoms with E-state index in [1.165, 1.54) is 18.2 Å². The van der Waals surface area contributed by atoms with Crippen molar-refractivity contribution in [3.8, 4) is 6.07 Å². The van der Waals surface area contributed by atoms with Crippen molar-refractivity contribution in [3.63, 3.8) is 0 Å². The molecule has 6 nitrogen and oxygen atoms in total. The van der Waals surface area contributed by atoms with Crippen molar-refractivity contribution in [3.05, 3.63) is 47.3 Å². The molecule has 0 fully saturated rings. The predicted octanol–water partition coefficient (Wildman–Crippen LogP) is 4.17. The van der Waals surface area contributed by atoms with Gasteiger partial charge in [0, 0.05) is 11.5 Å². The van der Waals surface area contributed by atoms with Crippen LogP contribution < -0.4 is 5.43 Å². The number of nitrogens with one attached hydrogen (secondary N) is 1. The zero-order valence-electron chi connectivity index (χ0n) is 14.2. The molecule has 0 atom stereocenters. The van der Waals surface area contributed by atoms with E-state index in [2.05, 4.69) is 15.7 Å². The molecular weight excluding hydrogens is 349 g/mol. The van der Waals surface area contributed by atoms with E-state index in [1.54, 1.807) is 6.07 Å². The number of alkyl halides is 3. The van der Waals surface area contributed by atoms with Crippen LogP contribution in [0.15, 0.2) is 40.0 Å². The van der Waals surface area contributed by atoms with Crippen molar-refractivity contribution in [1.82, 2.24) is 5.16 Å². The van der Waals surface area contributed by atoms with Gasteiger partial charge >= 0.3 is 6.18 Å². The fourth-order valence-electron chi connectivity index (χ4n) is 1.87. The normalized spacial score (nSPS) is 12.6. The maximum atomic E-state index is 12.7. The first kappa shape index (κ1) is 19.2. The number of halogens is 3. The summed E-state index contributed by atoms with van der Waals surface area (Å²) in [5, 5.41) is 16.3. The van der Waals surface area contributed by atoms with Crippen LogP contribution in [0.2, 0.25) is 0 Å². The summed E-state index contributed by atoms with van der Waals surface area (Å²) in [5.41, 5.74) is 0.331. The Morgan fingerprint density at radius 2 is 1.96 bits per heavy atom. The molecule has 0 amide bonds. The van der Waals surface area contributed by atoms with Crippen molar-refractivity contribution in [2.24, 2.45) is 5.10 Å². The molecule has 0 bridgehead atoms. The average Bonchev–Trinajstić information content (AvgIpc) is 3.05. The lowest BCUT2D eigenvalue weighted by Crippen LogP contribution is -2.15. The largest absolute Gasteiger partial charge is 0.416 e. The van der Waals surface area contributed by atoms with E-state index >= 15 is 0 Å². The molecule has 1 aromatic carbocycles. The van der Waals surface area contributed by atoms with Crippen LogP contribution in [-0.4, -0.2) is 16.7 Å². The Balaban J connectivity index is 2.22. The van der Waals surface area contributed by atoms with Crippen LogP contribution in [0.25, 0.3) is 0 Å². The zero-order valence-corrected chi connectivity index (χ0v) is 14.2. The number of hydrazone groups is 1. The number of hydrogen-bond acceptors (Lipinski definition) is 6. The number of aromatic nitrogens is 1. The maximum Gasteiger partial charge on any atom is 0.416 e. The van der Waals surface area contributed by atoms with Crippen LogP contribution >= 0.6 is 0 Å². The van der Waals surface area contributed by atoms with Gasteiger partial charge < -0.3 is 4.52 Å². The Morgan fingerprint density at radius 3 is 2.50 bits per heavy atom. The van der Waals surface area contributed by atoms with Gasteiger partial charge in [-0.2, -0.15) is 23.5 Å². The molecule has 2 rings (SSSR count). The summed E-state index contributed by atoms with van der Waals surface area (Å²) >= 11 is 0. The number of carbonyl (C=O) groups is 1. The van der Waals surface area contributed by atoms with Gasteiger partial charge in [-0.25, -0.2) is 0 Å². The third kappa shape index (κ3) is 4.47. The standard InChI is InChI=1S/C17H15F3N4O2/c1-16(2,3)14-8-12(24-26-14)15(25)13(9-21)23-22-11-6-4-5-10(7-11)17(18,19)20/h4-8,22H,1-3H3/b23-13+. The Kier molecular flexibility index (Phi) is 5.16. The molecule has 1 N–H and O–H groups in total. The van der Waals surface area contributed by atoms with Gasteiger partial charge in [0.05, 0.1) is 11.3 Å². The van der Waals surface area contributed by atoms with Crippen LogP contribution in [0.4, 0.5) is 18.9 Å². The van der Waals surface area contributed by atoms with Crippen LogP contribution in [0, 0.1) is 11.3 Å². The molecule has 0 radical (unpaired) electrons. The minimum atomic E-state index is -4.51. The zero-order chi connectivity index (χ0) is 19.5. The van der Waals surface area contributed by atoms with Gasteiger partial charge in [-0.1, -0.05) is 32.0 Å². The Hall–Kier alpha value is -3.15. The van der Waals surface area contributed by atoms with Gasteiger partial charge in [0.25, 0.3) is 0 Å². The lowest BCUT2D eigenvalue weighted by molar-refractivity contribution is -0.137. The van der Waals surface area contributed by atoms with Gasteiger partial charge in [0.15, 0.2) is 5.69 Å². The molecule has 0 saturated carbocycles. The second kappa shape index (κ2) is 7.00. The SMILES string of the molecule is CC(C)(C)c1cc(C(=O)/C(C#N)=N/Nc2cccc(C(F)(F)F)c2)no1. The highest BCUT2D eigenvalue weighted by molar-refractivity contribution is 6.51. The molecule has 136 valence electrons. The number of benzene rings is 1. The minimum Gasteiger partial charge on any atom is -0.360 e. The quantitative estimate of drug-likeness (QED) is 0.500. The number of carbonyl (C=O) groups excluding carboxylic acids is 1. The number of ketones is 1. The number of anilines is 1. The van der Waals surface area contributed by atoms with Crippen LogP contribution in [-0.2, 0) is 11.6 Å². The van der Waals surface area contributed by atoms with E-state index in [4.69, 9.17) is 9.78 Å². The summed E-state index contributed by atoms with van der Waals surface area (Å²) in [6, 6.07) is 7.22. The molecule has 9 heteroatoms. The van der Waals surface area contributed by atoms with E-state index in [1.807, 2.05) is 20.8 Å². The molecule has 2 aromatic rings. The maximum absolute atomic E-state index is 12.7. The predicted molar refractivity (Wildman–Crippen MR) is 87.6 cm³/mol. The van der Waals surface area contributed by atoms with Crippen molar-refractivity contribution in [2.45, 2.75) is 32.4 Å². The molecule has 0 aliphatic carbocycles. The second-order valence-corrected chi connectivity index (χ2v) is 6.42. The topological polar surface area (TPSA) is 91.3 Å². The summed E-state index contributed by atoms with van der Waals surface area (Å²) in [7, 11) is 0. The first-order valence-electron chi connectivity index (χ1n) is 7.45. The molecule has 0 saturated heterocycles. The summed E-state index contributed by atoms with van der Waals surface area (Å²) in [6.45, 7) is 5.57. The summed E-state index contributed by atoms with van der Waals surface area (Å²) in [5.74, 6) is -0.352. The second-order valence-electron chi connectivity index (χ2n) is 6.42. The third-order valence-corrected chi connectivity index (χ3v) is 3.29. The fourth-order valence-corrected chi connectivity index (χ4v) is 1.87. The lowest BCUT2D eigenvalue weighted by atomic mass is 9.93. The van der Waals surface area contributed by atoms with E-state index in [9.17, 15) is 18.0 Å². The van der Waals surface area contributed by atoms with Gasteiger partial charge in [0.2, 0.25) is 11.5 Å². The van der Waals surface area contributed by atoms with E-state index in [0.29, 0.717) is 5.76 Å². The van der Waals surface area contributed by atoms with Crippen LogP contribution in [0.1, 0.15) is 42.6 Å². The van der Waals surface area contributed by atoms with E-state index < -0.39 is 23.2 Å². The third-order valence-electron chi connectivity index (χ3n) is 3.29.